The average Bonchev–Trinajstić information content (AvgIpc) is 3.23. The molecule has 1 aromatic carbocycles. The third-order valence-electron chi connectivity index (χ3n) is 3.78. The van der Waals surface area contributed by atoms with E-state index in [1.807, 2.05) is 24.3 Å². The first kappa shape index (κ1) is 11.8. The van der Waals surface area contributed by atoms with Gasteiger partial charge in [0.1, 0.15) is 12.7 Å². The molecule has 0 bridgehead atoms. The van der Waals surface area contributed by atoms with Crippen molar-refractivity contribution in [3.05, 3.63) is 24.3 Å². The summed E-state index contributed by atoms with van der Waals surface area (Å²) in [7, 11) is 0. The lowest BCUT2D eigenvalue weighted by Gasteiger charge is -2.31. The Labute approximate surface area is 107 Å². The van der Waals surface area contributed by atoms with Gasteiger partial charge in [0.05, 0.1) is 6.04 Å². The van der Waals surface area contributed by atoms with E-state index in [1.54, 1.807) is 0 Å². The maximum atomic E-state index is 5.97. The van der Waals surface area contributed by atoms with E-state index in [0.717, 1.165) is 23.8 Å². The van der Waals surface area contributed by atoms with Crippen molar-refractivity contribution in [2.45, 2.75) is 37.8 Å². The molecule has 3 N–H and O–H groups in total. The van der Waals surface area contributed by atoms with Crippen LogP contribution in [0.15, 0.2) is 24.3 Å². The molecule has 1 fully saturated rings. The Morgan fingerprint density at radius 1 is 1.28 bits per heavy atom. The molecule has 0 amide bonds. The van der Waals surface area contributed by atoms with E-state index < -0.39 is 0 Å². The molecule has 98 valence electrons. The molecule has 2 unspecified atom stereocenters. The van der Waals surface area contributed by atoms with Crippen LogP contribution in [-0.4, -0.2) is 18.8 Å². The van der Waals surface area contributed by atoms with Gasteiger partial charge in [0.2, 0.25) is 0 Å². The van der Waals surface area contributed by atoms with Gasteiger partial charge in [0.15, 0.2) is 11.5 Å². The Morgan fingerprint density at radius 3 is 2.78 bits per heavy atom. The standard InChI is InChI=1S/C14H20N2O2/c15-16-11(8-7-10-5-6-10)14-9-17-12-3-1-2-4-13(12)18-14/h1-4,10-11,14,16H,5-9,15H2. The number of hydrogen-bond donors (Lipinski definition) is 2. The Balaban J connectivity index is 1.61. The zero-order chi connectivity index (χ0) is 12.4. The highest BCUT2D eigenvalue weighted by molar-refractivity contribution is 5.40. The molecule has 1 aromatic rings. The zero-order valence-corrected chi connectivity index (χ0v) is 10.5. The van der Waals surface area contributed by atoms with Crippen LogP contribution in [0.2, 0.25) is 0 Å². The Morgan fingerprint density at radius 2 is 2.06 bits per heavy atom. The summed E-state index contributed by atoms with van der Waals surface area (Å²) in [6.07, 6.45) is 5.04. The van der Waals surface area contributed by atoms with E-state index in [2.05, 4.69) is 5.43 Å². The quantitative estimate of drug-likeness (QED) is 0.617. The van der Waals surface area contributed by atoms with Crippen LogP contribution in [0.5, 0.6) is 11.5 Å². The van der Waals surface area contributed by atoms with Crippen LogP contribution >= 0.6 is 0 Å². The van der Waals surface area contributed by atoms with Crippen molar-refractivity contribution in [1.29, 1.82) is 0 Å². The molecule has 2 atom stereocenters. The molecule has 1 saturated carbocycles. The zero-order valence-electron chi connectivity index (χ0n) is 10.5. The normalized spacial score (nSPS) is 23.7. The fourth-order valence-corrected chi connectivity index (χ4v) is 2.43. The summed E-state index contributed by atoms with van der Waals surface area (Å²) in [5, 5.41) is 0. The lowest BCUT2D eigenvalue weighted by Crippen LogP contribution is -2.50. The number of fused-ring (bicyclic) bond motifs is 1. The van der Waals surface area contributed by atoms with Gasteiger partial charge in [-0.1, -0.05) is 25.0 Å². The molecule has 1 heterocycles. The number of ether oxygens (including phenoxy) is 2. The first-order chi connectivity index (χ1) is 8.86. The van der Waals surface area contributed by atoms with Gasteiger partial charge < -0.3 is 9.47 Å². The molecule has 4 heteroatoms. The molecule has 3 rings (SSSR count). The third-order valence-corrected chi connectivity index (χ3v) is 3.78. The summed E-state index contributed by atoms with van der Waals surface area (Å²) >= 11 is 0. The number of hydrogen-bond acceptors (Lipinski definition) is 4. The fourth-order valence-electron chi connectivity index (χ4n) is 2.43. The Bertz CT molecular complexity index is 407. The molecule has 18 heavy (non-hydrogen) atoms. The lowest BCUT2D eigenvalue weighted by molar-refractivity contribution is 0.0585. The highest BCUT2D eigenvalue weighted by atomic mass is 16.6. The Kier molecular flexibility index (Phi) is 3.39. The highest BCUT2D eigenvalue weighted by Gasteiger charge is 2.30. The highest BCUT2D eigenvalue weighted by Crippen LogP contribution is 2.35. The SMILES string of the molecule is NNC(CCC1CC1)C1COc2ccccc2O1. The summed E-state index contributed by atoms with van der Waals surface area (Å²) in [6.45, 7) is 0.566. The number of nitrogens with two attached hydrogens (primary N) is 1. The molecule has 4 nitrogen and oxygen atoms in total. The minimum absolute atomic E-state index is 0.00338. The van der Waals surface area contributed by atoms with Crippen LogP contribution in [0.3, 0.4) is 0 Å². The van der Waals surface area contributed by atoms with Crippen molar-refractivity contribution in [3.8, 4) is 11.5 Å². The number of hydrazine groups is 1. The first-order valence-electron chi connectivity index (χ1n) is 6.71. The summed E-state index contributed by atoms with van der Waals surface area (Å²) in [5.74, 6) is 8.20. The van der Waals surface area contributed by atoms with E-state index in [-0.39, 0.29) is 12.1 Å². The van der Waals surface area contributed by atoms with Crippen LogP contribution in [-0.2, 0) is 0 Å². The smallest absolute Gasteiger partial charge is 0.161 e. The second-order valence-electron chi connectivity index (χ2n) is 5.21. The van der Waals surface area contributed by atoms with Gasteiger partial charge >= 0.3 is 0 Å². The van der Waals surface area contributed by atoms with Crippen molar-refractivity contribution >= 4 is 0 Å². The second kappa shape index (κ2) is 5.16. The third kappa shape index (κ3) is 2.60. The molecule has 1 aliphatic carbocycles. The predicted molar refractivity (Wildman–Crippen MR) is 69.4 cm³/mol. The molecule has 1 aliphatic heterocycles. The van der Waals surface area contributed by atoms with Crippen LogP contribution in [0, 0.1) is 5.92 Å². The van der Waals surface area contributed by atoms with Gasteiger partial charge in [-0.15, -0.1) is 0 Å². The van der Waals surface area contributed by atoms with Crippen LogP contribution in [0.4, 0.5) is 0 Å². The summed E-state index contributed by atoms with van der Waals surface area (Å²) in [4.78, 5) is 0. The second-order valence-corrected chi connectivity index (χ2v) is 5.21. The summed E-state index contributed by atoms with van der Waals surface area (Å²) in [5.41, 5.74) is 2.88. The van der Waals surface area contributed by atoms with Crippen molar-refractivity contribution in [1.82, 2.24) is 5.43 Å². The maximum absolute atomic E-state index is 5.97. The summed E-state index contributed by atoms with van der Waals surface area (Å²) < 4.78 is 11.7. The minimum atomic E-state index is 0.00338. The van der Waals surface area contributed by atoms with Crippen molar-refractivity contribution in [2.24, 2.45) is 11.8 Å². The van der Waals surface area contributed by atoms with E-state index in [4.69, 9.17) is 15.3 Å². The molecule has 2 aliphatic rings. The number of nitrogens with one attached hydrogen (secondary N) is 1. The van der Waals surface area contributed by atoms with Gasteiger partial charge in [-0.05, 0) is 30.9 Å². The number of benzene rings is 1. The van der Waals surface area contributed by atoms with E-state index in [9.17, 15) is 0 Å². The molecular weight excluding hydrogens is 228 g/mol. The number of rotatable bonds is 5. The predicted octanol–water partition coefficient (Wildman–Crippen LogP) is 1.85. The minimum Gasteiger partial charge on any atom is -0.486 e. The average molecular weight is 248 g/mol. The van der Waals surface area contributed by atoms with Crippen molar-refractivity contribution < 1.29 is 9.47 Å². The molecule has 0 radical (unpaired) electrons. The molecule has 0 spiro atoms. The van der Waals surface area contributed by atoms with Gasteiger partial charge in [0.25, 0.3) is 0 Å². The van der Waals surface area contributed by atoms with Crippen molar-refractivity contribution in [2.75, 3.05) is 6.61 Å². The van der Waals surface area contributed by atoms with Gasteiger partial charge in [-0.3, -0.25) is 11.3 Å². The fraction of sp³-hybridized carbons (Fsp3) is 0.571. The van der Waals surface area contributed by atoms with Gasteiger partial charge in [-0.2, -0.15) is 0 Å². The molecule has 0 saturated heterocycles. The maximum Gasteiger partial charge on any atom is 0.161 e. The van der Waals surface area contributed by atoms with Crippen molar-refractivity contribution in [3.63, 3.8) is 0 Å². The van der Waals surface area contributed by atoms with Crippen LogP contribution < -0.4 is 20.7 Å². The number of para-hydroxylation sites is 2. The van der Waals surface area contributed by atoms with E-state index in [1.165, 1.54) is 19.3 Å². The molecular formula is C14H20N2O2. The van der Waals surface area contributed by atoms with Gasteiger partial charge in [-0.25, -0.2) is 0 Å². The van der Waals surface area contributed by atoms with E-state index >= 15 is 0 Å². The summed E-state index contributed by atoms with van der Waals surface area (Å²) in [6, 6.07) is 7.95. The Hall–Kier alpha value is -1.26. The first-order valence-corrected chi connectivity index (χ1v) is 6.71. The van der Waals surface area contributed by atoms with Crippen LogP contribution in [0.1, 0.15) is 25.7 Å². The van der Waals surface area contributed by atoms with Crippen LogP contribution in [0.25, 0.3) is 0 Å². The van der Waals surface area contributed by atoms with E-state index in [0.29, 0.717) is 6.61 Å². The monoisotopic (exact) mass is 248 g/mol. The largest absolute Gasteiger partial charge is 0.486 e. The molecule has 0 aromatic heterocycles. The topological polar surface area (TPSA) is 56.5 Å². The van der Waals surface area contributed by atoms with Gasteiger partial charge in [0, 0.05) is 0 Å². The lowest BCUT2D eigenvalue weighted by atomic mass is 10.0.